The topological polar surface area (TPSA) is 12.0 Å². The number of hydrogen-bond acceptors (Lipinski definition) is 1. The summed E-state index contributed by atoms with van der Waals surface area (Å²) < 4.78 is 0. The Hall–Kier alpha value is -0.0400. The monoisotopic (exact) mass is 153 g/mol. The van der Waals surface area contributed by atoms with Gasteiger partial charge in [0.1, 0.15) is 0 Å². The predicted octanol–water partition coefficient (Wildman–Crippen LogP) is 2.32. The Morgan fingerprint density at radius 1 is 1.18 bits per heavy atom. The van der Waals surface area contributed by atoms with Gasteiger partial charge in [0.15, 0.2) is 0 Å². The van der Waals surface area contributed by atoms with Crippen LogP contribution in [0, 0.1) is 5.92 Å². The van der Waals surface area contributed by atoms with Gasteiger partial charge in [0.25, 0.3) is 0 Å². The molecule has 2 unspecified atom stereocenters. The van der Waals surface area contributed by atoms with E-state index in [0.717, 1.165) is 5.92 Å². The molecule has 0 bridgehead atoms. The van der Waals surface area contributed by atoms with E-state index in [4.69, 9.17) is 0 Å². The Bertz CT molecular complexity index is 136. The molecule has 0 amide bonds. The molecule has 1 heterocycles. The summed E-state index contributed by atoms with van der Waals surface area (Å²) in [5, 5.41) is 3.72. The third-order valence-corrected chi connectivity index (χ3v) is 3.73. The summed E-state index contributed by atoms with van der Waals surface area (Å²) in [6, 6.07) is 0. The maximum atomic E-state index is 3.72. The number of rotatable bonds is 0. The molecule has 1 aliphatic heterocycles. The zero-order valence-electron chi connectivity index (χ0n) is 7.53. The van der Waals surface area contributed by atoms with Crippen molar-refractivity contribution in [2.45, 2.75) is 51.0 Å². The third kappa shape index (κ3) is 1.20. The fraction of sp³-hybridized carbons (Fsp3) is 1.00. The smallest absolute Gasteiger partial charge is 0.0207 e. The molecule has 11 heavy (non-hydrogen) atoms. The van der Waals surface area contributed by atoms with Crippen LogP contribution < -0.4 is 5.32 Å². The summed E-state index contributed by atoms with van der Waals surface area (Å²) in [6.07, 6.45) is 8.65. The van der Waals surface area contributed by atoms with Crippen molar-refractivity contribution in [2.24, 2.45) is 5.92 Å². The fourth-order valence-electron chi connectivity index (χ4n) is 2.88. The molecule has 0 aromatic rings. The SMILES string of the molecule is CC1CCCCC12CCCN2. The van der Waals surface area contributed by atoms with Crippen LogP contribution in [-0.2, 0) is 0 Å². The lowest BCUT2D eigenvalue weighted by Crippen LogP contribution is -2.47. The molecule has 1 N–H and O–H groups in total. The van der Waals surface area contributed by atoms with Crippen LogP contribution in [0.3, 0.4) is 0 Å². The second-order valence-electron chi connectivity index (χ2n) is 4.33. The minimum Gasteiger partial charge on any atom is -0.311 e. The molecule has 2 fully saturated rings. The predicted molar refractivity (Wildman–Crippen MR) is 47.6 cm³/mol. The van der Waals surface area contributed by atoms with Crippen molar-refractivity contribution >= 4 is 0 Å². The van der Waals surface area contributed by atoms with Crippen LogP contribution in [0.1, 0.15) is 45.4 Å². The van der Waals surface area contributed by atoms with Crippen molar-refractivity contribution in [3.05, 3.63) is 0 Å². The quantitative estimate of drug-likeness (QED) is 0.563. The van der Waals surface area contributed by atoms with E-state index < -0.39 is 0 Å². The van der Waals surface area contributed by atoms with Gasteiger partial charge in [-0.15, -0.1) is 0 Å². The van der Waals surface area contributed by atoms with E-state index >= 15 is 0 Å². The summed E-state index contributed by atoms with van der Waals surface area (Å²) in [7, 11) is 0. The molecular formula is C10H19N. The average Bonchev–Trinajstić information content (AvgIpc) is 2.46. The standard InChI is InChI=1S/C10H19N/c1-9-5-2-3-6-10(9)7-4-8-11-10/h9,11H,2-8H2,1H3. The van der Waals surface area contributed by atoms with Gasteiger partial charge >= 0.3 is 0 Å². The molecule has 64 valence electrons. The second kappa shape index (κ2) is 2.78. The first-order valence-corrected chi connectivity index (χ1v) is 5.08. The van der Waals surface area contributed by atoms with Crippen LogP contribution in [-0.4, -0.2) is 12.1 Å². The molecule has 1 aliphatic carbocycles. The minimum absolute atomic E-state index is 0.582. The van der Waals surface area contributed by atoms with E-state index in [0.29, 0.717) is 5.54 Å². The lowest BCUT2D eigenvalue weighted by atomic mass is 9.73. The first kappa shape index (κ1) is 7.60. The Morgan fingerprint density at radius 2 is 2.00 bits per heavy atom. The van der Waals surface area contributed by atoms with Gasteiger partial charge in [-0.05, 0) is 38.1 Å². The van der Waals surface area contributed by atoms with Crippen molar-refractivity contribution in [1.29, 1.82) is 0 Å². The number of hydrogen-bond donors (Lipinski definition) is 1. The molecule has 2 atom stereocenters. The van der Waals surface area contributed by atoms with Gasteiger partial charge in [-0.2, -0.15) is 0 Å². The molecule has 2 rings (SSSR count). The fourth-order valence-corrected chi connectivity index (χ4v) is 2.88. The summed E-state index contributed by atoms with van der Waals surface area (Å²) in [5.74, 6) is 0.929. The molecule has 0 radical (unpaired) electrons. The van der Waals surface area contributed by atoms with Crippen LogP contribution in [0.2, 0.25) is 0 Å². The normalized spacial score (nSPS) is 45.0. The highest BCUT2D eigenvalue weighted by molar-refractivity contribution is 4.98. The van der Waals surface area contributed by atoms with E-state index in [9.17, 15) is 0 Å². The molecular weight excluding hydrogens is 134 g/mol. The van der Waals surface area contributed by atoms with E-state index in [1.807, 2.05) is 0 Å². The largest absolute Gasteiger partial charge is 0.311 e. The van der Waals surface area contributed by atoms with Gasteiger partial charge in [-0.1, -0.05) is 19.8 Å². The lowest BCUT2D eigenvalue weighted by Gasteiger charge is -2.39. The number of nitrogens with one attached hydrogen (secondary N) is 1. The van der Waals surface area contributed by atoms with Crippen LogP contribution in [0.15, 0.2) is 0 Å². The Labute approximate surface area is 69.6 Å². The molecule has 1 nitrogen and oxygen atoms in total. The van der Waals surface area contributed by atoms with E-state index in [-0.39, 0.29) is 0 Å². The highest BCUT2D eigenvalue weighted by Gasteiger charge is 2.39. The van der Waals surface area contributed by atoms with Gasteiger partial charge in [-0.25, -0.2) is 0 Å². The second-order valence-corrected chi connectivity index (χ2v) is 4.33. The van der Waals surface area contributed by atoms with Gasteiger partial charge in [0.2, 0.25) is 0 Å². The van der Waals surface area contributed by atoms with E-state index in [2.05, 4.69) is 12.2 Å². The molecule has 2 aliphatic rings. The maximum absolute atomic E-state index is 3.72. The zero-order chi connectivity index (χ0) is 7.73. The van der Waals surface area contributed by atoms with Crippen molar-refractivity contribution in [1.82, 2.24) is 5.32 Å². The van der Waals surface area contributed by atoms with Crippen molar-refractivity contribution < 1.29 is 0 Å². The minimum atomic E-state index is 0.582. The van der Waals surface area contributed by atoms with Gasteiger partial charge in [0.05, 0.1) is 0 Å². The molecule has 0 aromatic carbocycles. The molecule has 1 saturated heterocycles. The van der Waals surface area contributed by atoms with E-state index in [1.165, 1.54) is 45.1 Å². The molecule has 1 spiro atoms. The van der Waals surface area contributed by atoms with Crippen molar-refractivity contribution in [3.63, 3.8) is 0 Å². The van der Waals surface area contributed by atoms with E-state index in [1.54, 1.807) is 0 Å². The summed E-state index contributed by atoms with van der Waals surface area (Å²) in [6.45, 7) is 3.70. The highest BCUT2D eigenvalue weighted by atomic mass is 15.0. The van der Waals surface area contributed by atoms with Crippen LogP contribution in [0.4, 0.5) is 0 Å². The first-order chi connectivity index (χ1) is 5.33. The summed E-state index contributed by atoms with van der Waals surface area (Å²) in [4.78, 5) is 0. The maximum Gasteiger partial charge on any atom is 0.0207 e. The summed E-state index contributed by atoms with van der Waals surface area (Å²) >= 11 is 0. The Kier molecular flexibility index (Phi) is 1.92. The van der Waals surface area contributed by atoms with Crippen LogP contribution in [0.5, 0.6) is 0 Å². The molecule has 1 saturated carbocycles. The van der Waals surface area contributed by atoms with Gasteiger partial charge < -0.3 is 5.32 Å². The molecule has 1 heteroatoms. The van der Waals surface area contributed by atoms with Gasteiger partial charge in [0, 0.05) is 5.54 Å². The third-order valence-electron chi connectivity index (χ3n) is 3.73. The van der Waals surface area contributed by atoms with Gasteiger partial charge in [-0.3, -0.25) is 0 Å². The highest BCUT2D eigenvalue weighted by Crippen LogP contribution is 2.39. The zero-order valence-corrected chi connectivity index (χ0v) is 7.53. The summed E-state index contributed by atoms with van der Waals surface area (Å²) in [5.41, 5.74) is 0.582. The van der Waals surface area contributed by atoms with Crippen molar-refractivity contribution in [2.75, 3.05) is 6.54 Å². The van der Waals surface area contributed by atoms with Crippen LogP contribution in [0.25, 0.3) is 0 Å². The first-order valence-electron chi connectivity index (χ1n) is 5.08. The Morgan fingerprint density at radius 3 is 2.64 bits per heavy atom. The lowest BCUT2D eigenvalue weighted by molar-refractivity contribution is 0.179. The van der Waals surface area contributed by atoms with Crippen LogP contribution >= 0.6 is 0 Å². The average molecular weight is 153 g/mol. The molecule has 0 aromatic heterocycles. The Balaban J connectivity index is 2.07. The van der Waals surface area contributed by atoms with Crippen molar-refractivity contribution in [3.8, 4) is 0 Å².